The number of likely N-dealkylation sites (N-methyl/N-ethyl adjacent to an activating group) is 1. The molecule has 26 heavy (non-hydrogen) atoms. The third kappa shape index (κ3) is 5.34. The molecular weight excluding hydrogens is 328 g/mol. The van der Waals surface area contributed by atoms with Crippen molar-refractivity contribution in [3.8, 4) is 5.75 Å². The van der Waals surface area contributed by atoms with E-state index in [0.717, 1.165) is 16.7 Å². The van der Waals surface area contributed by atoms with Crippen molar-refractivity contribution in [1.82, 2.24) is 10.2 Å². The van der Waals surface area contributed by atoms with Gasteiger partial charge in [0, 0.05) is 13.6 Å². The fourth-order valence-corrected chi connectivity index (χ4v) is 2.73. The van der Waals surface area contributed by atoms with Gasteiger partial charge in [-0.05, 0) is 44.0 Å². The fraction of sp³-hybridized carbons (Fsp3) is 0.333. The summed E-state index contributed by atoms with van der Waals surface area (Å²) in [6, 6.07) is 14.9. The van der Waals surface area contributed by atoms with Crippen molar-refractivity contribution in [2.24, 2.45) is 0 Å². The lowest BCUT2D eigenvalue weighted by molar-refractivity contribution is -0.142. The number of nitrogens with zero attached hydrogens (tertiary/aromatic N) is 1. The summed E-state index contributed by atoms with van der Waals surface area (Å²) < 4.78 is 5.63. The summed E-state index contributed by atoms with van der Waals surface area (Å²) in [5.74, 6) is 0.201. The predicted octanol–water partition coefficient (Wildman–Crippen LogP) is 2.85. The fourth-order valence-electron chi connectivity index (χ4n) is 2.73. The van der Waals surface area contributed by atoms with Crippen LogP contribution in [0.3, 0.4) is 0 Å². The molecule has 0 aliphatic carbocycles. The van der Waals surface area contributed by atoms with Gasteiger partial charge in [-0.2, -0.15) is 0 Å². The van der Waals surface area contributed by atoms with Gasteiger partial charge in [0.25, 0.3) is 5.91 Å². The second kappa shape index (κ2) is 9.04. The first-order chi connectivity index (χ1) is 12.4. The minimum atomic E-state index is -0.589. The zero-order valence-electron chi connectivity index (χ0n) is 15.8. The first kappa shape index (κ1) is 19.5. The van der Waals surface area contributed by atoms with E-state index in [9.17, 15) is 9.59 Å². The summed E-state index contributed by atoms with van der Waals surface area (Å²) >= 11 is 0. The maximum absolute atomic E-state index is 12.8. The molecule has 2 aromatic carbocycles. The SMILES string of the molecule is CNC(=O)[C@H](C)N(Cc1cccc(C)c1)C(=O)COc1cccc(C)c1. The van der Waals surface area contributed by atoms with E-state index >= 15 is 0 Å². The molecule has 2 aromatic rings. The predicted molar refractivity (Wildman–Crippen MR) is 102 cm³/mol. The van der Waals surface area contributed by atoms with E-state index in [0.29, 0.717) is 12.3 Å². The monoisotopic (exact) mass is 354 g/mol. The Labute approximate surface area is 155 Å². The Morgan fingerprint density at radius 1 is 1.08 bits per heavy atom. The molecule has 0 spiro atoms. The zero-order valence-corrected chi connectivity index (χ0v) is 15.8. The highest BCUT2D eigenvalue weighted by atomic mass is 16.5. The molecule has 5 nitrogen and oxygen atoms in total. The Balaban J connectivity index is 2.13. The molecule has 138 valence electrons. The molecule has 1 N–H and O–H groups in total. The quantitative estimate of drug-likeness (QED) is 0.832. The maximum Gasteiger partial charge on any atom is 0.261 e. The number of nitrogens with one attached hydrogen (secondary N) is 1. The van der Waals surface area contributed by atoms with E-state index in [2.05, 4.69) is 5.32 Å². The third-order valence-electron chi connectivity index (χ3n) is 4.20. The second-order valence-corrected chi connectivity index (χ2v) is 6.41. The third-order valence-corrected chi connectivity index (χ3v) is 4.20. The number of hydrogen-bond donors (Lipinski definition) is 1. The van der Waals surface area contributed by atoms with Crippen molar-refractivity contribution in [3.63, 3.8) is 0 Å². The first-order valence-corrected chi connectivity index (χ1v) is 8.66. The number of ether oxygens (including phenoxy) is 1. The molecule has 5 heteroatoms. The first-order valence-electron chi connectivity index (χ1n) is 8.66. The minimum absolute atomic E-state index is 0.114. The highest BCUT2D eigenvalue weighted by Gasteiger charge is 2.25. The number of amides is 2. The van der Waals surface area contributed by atoms with Gasteiger partial charge in [-0.3, -0.25) is 9.59 Å². The standard InChI is InChI=1S/C21H26N2O3/c1-15-7-5-9-18(11-15)13-23(17(3)21(25)22-4)20(24)14-26-19-10-6-8-16(2)12-19/h5-12,17H,13-14H2,1-4H3,(H,22,25)/t17-/m0/s1. The van der Waals surface area contributed by atoms with Crippen LogP contribution in [0, 0.1) is 13.8 Å². The molecule has 0 aliphatic rings. The average molecular weight is 354 g/mol. The number of benzene rings is 2. The summed E-state index contributed by atoms with van der Waals surface area (Å²) in [4.78, 5) is 26.4. The van der Waals surface area contributed by atoms with Crippen LogP contribution in [0.4, 0.5) is 0 Å². The van der Waals surface area contributed by atoms with Gasteiger partial charge in [-0.1, -0.05) is 42.0 Å². The lowest BCUT2D eigenvalue weighted by Crippen LogP contribution is -2.48. The number of rotatable bonds is 7. The number of aryl methyl sites for hydroxylation is 2. The van der Waals surface area contributed by atoms with Crippen LogP contribution in [0.1, 0.15) is 23.6 Å². The summed E-state index contributed by atoms with van der Waals surface area (Å²) in [6.07, 6.45) is 0. The second-order valence-electron chi connectivity index (χ2n) is 6.41. The number of carbonyl (C=O) groups is 2. The Morgan fingerprint density at radius 2 is 1.73 bits per heavy atom. The summed E-state index contributed by atoms with van der Waals surface area (Å²) in [5.41, 5.74) is 3.15. The van der Waals surface area contributed by atoms with Crippen LogP contribution in [0.15, 0.2) is 48.5 Å². The van der Waals surface area contributed by atoms with Crippen molar-refractivity contribution in [2.45, 2.75) is 33.4 Å². The van der Waals surface area contributed by atoms with Crippen LogP contribution in [0.5, 0.6) is 5.75 Å². The van der Waals surface area contributed by atoms with Crippen LogP contribution >= 0.6 is 0 Å². The van der Waals surface area contributed by atoms with Gasteiger partial charge in [-0.15, -0.1) is 0 Å². The molecule has 0 saturated carbocycles. The highest BCUT2D eigenvalue weighted by molar-refractivity contribution is 5.87. The van der Waals surface area contributed by atoms with Crippen LogP contribution in [-0.2, 0) is 16.1 Å². The highest BCUT2D eigenvalue weighted by Crippen LogP contribution is 2.15. The van der Waals surface area contributed by atoms with E-state index in [1.54, 1.807) is 18.9 Å². The molecule has 0 fully saturated rings. The normalized spacial score (nSPS) is 11.5. The van der Waals surface area contributed by atoms with E-state index in [1.807, 2.05) is 62.4 Å². The molecule has 0 radical (unpaired) electrons. The number of hydrogen-bond acceptors (Lipinski definition) is 3. The molecular formula is C21H26N2O3. The molecule has 0 heterocycles. The lowest BCUT2D eigenvalue weighted by atomic mass is 10.1. The van der Waals surface area contributed by atoms with Crippen molar-refractivity contribution in [1.29, 1.82) is 0 Å². The van der Waals surface area contributed by atoms with Crippen LogP contribution in [0.25, 0.3) is 0 Å². The topological polar surface area (TPSA) is 58.6 Å². The van der Waals surface area contributed by atoms with E-state index in [-0.39, 0.29) is 18.4 Å². The van der Waals surface area contributed by atoms with E-state index in [4.69, 9.17) is 4.74 Å². The zero-order chi connectivity index (χ0) is 19.1. The van der Waals surface area contributed by atoms with Gasteiger partial charge < -0.3 is 15.0 Å². The maximum atomic E-state index is 12.8. The molecule has 0 aliphatic heterocycles. The van der Waals surface area contributed by atoms with Gasteiger partial charge in [0.2, 0.25) is 5.91 Å². The summed E-state index contributed by atoms with van der Waals surface area (Å²) in [5, 5.41) is 2.60. The van der Waals surface area contributed by atoms with Crippen LogP contribution < -0.4 is 10.1 Å². The van der Waals surface area contributed by atoms with Crippen molar-refractivity contribution < 1.29 is 14.3 Å². The Morgan fingerprint density at radius 3 is 2.35 bits per heavy atom. The molecule has 2 rings (SSSR count). The van der Waals surface area contributed by atoms with Crippen molar-refractivity contribution >= 4 is 11.8 Å². The van der Waals surface area contributed by atoms with Crippen molar-refractivity contribution in [3.05, 3.63) is 65.2 Å². The minimum Gasteiger partial charge on any atom is -0.484 e. The molecule has 2 amide bonds. The Hall–Kier alpha value is -2.82. The average Bonchev–Trinajstić information content (AvgIpc) is 2.63. The Kier molecular flexibility index (Phi) is 6.78. The van der Waals surface area contributed by atoms with Crippen molar-refractivity contribution in [2.75, 3.05) is 13.7 Å². The molecule has 1 atom stereocenters. The van der Waals surface area contributed by atoms with Crippen LogP contribution in [-0.4, -0.2) is 36.4 Å². The van der Waals surface area contributed by atoms with Gasteiger partial charge in [0.1, 0.15) is 11.8 Å². The van der Waals surface area contributed by atoms with Crippen LogP contribution in [0.2, 0.25) is 0 Å². The Bertz CT molecular complexity index is 773. The van der Waals surface area contributed by atoms with Gasteiger partial charge >= 0.3 is 0 Å². The molecule has 0 saturated heterocycles. The lowest BCUT2D eigenvalue weighted by Gasteiger charge is -2.28. The van der Waals surface area contributed by atoms with Gasteiger partial charge in [0.05, 0.1) is 0 Å². The van der Waals surface area contributed by atoms with Gasteiger partial charge in [-0.25, -0.2) is 0 Å². The van der Waals surface area contributed by atoms with E-state index < -0.39 is 6.04 Å². The largest absolute Gasteiger partial charge is 0.484 e. The van der Waals surface area contributed by atoms with Gasteiger partial charge in [0.15, 0.2) is 6.61 Å². The molecule has 0 aromatic heterocycles. The number of carbonyl (C=O) groups excluding carboxylic acids is 2. The molecule has 0 unspecified atom stereocenters. The van der Waals surface area contributed by atoms with E-state index in [1.165, 1.54) is 0 Å². The molecule has 0 bridgehead atoms. The smallest absolute Gasteiger partial charge is 0.261 e. The summed E-state index contributed by atoms with van der Waals surface area (Å²) in [7, 11) is 1.57. The summed E-state index contributed by atoms with van der Waals surface area (Å²) in [6.45, 7) is 5.92.